The van der Waals surface area contributed by atoms with Gasteiger partial charge in [-0.15, -0.1) is 0 Å². The Labute approximate surface area is 126 Å². The van der Waals surface area contributed by atoms with Crippen molar-refractivity contribution in [3.63, 3.8) is 0 Å². The van der Waals surface area contributed by atoms with E-state index in [0.717, 1.165) is 0 Å². The largest absolute Gasteiger partial charge is 0.417 e. The number of carbonyl (C=O) groups is 1. The van der Waals surface area contributed by atoms with E-state index >= 15 is 0 Å². The third kappa shape index (κ3) is 3.30. The molecule has 0 aliphatic rings. The van der Waals surface area contributed by atoms with E-state index in [1.165, 1.54) is 30.3 Å². The molecule has 2 N–H and O–H groups in total. The van der Waals surface area contributed by atoms with Gasteiger partial charge in [-0.1, -0.05) is 30.3 Å². The molecule has 122 valence electrons. The van der Waals surface area contributed by atoms with Crippen molar-refractivity contribution in [1.29, 1.82) is 0 Å². The number of primary amides is 1. The lowest BCUT2D eigenvalue weighted by atomic mass is 9.89. The van der Waals surface area contributed by atoms with Crippen molar-refractivity contribution in [3.8, 4) is 11.1 Å². The number of hydrogen-bond donors (Lipinski definition) is 1. The first kappa shape index (κ1) is 16.9. The van der Waals surface area contributed by atoms with Crippen LogP contribution in [-0.2, 0) is 12.4 Å². The average Bonchev–Trinajstić information content (AvgIpc) is 2.44. The summed E-state index contributed by atoms with van der Waals surface area (Å²) in [6.07, 6.45) is -10.5. The van der Waals surface area contributed by atoms with E-state index in [4.69, 9.17) is 5.73 Å². The molecule has 0 aromatic heterocycles. The number of nitrogens with two attached hydrogens (primary N) is 1. The number of halogens is 6. The molecule has 0 saturated heterocycles. The first-order chi connectivity index (χ1) is 10.5. The van der Waals surface area contributed by atoms with Crippen molar-refractivity contribution in [1.82, 2.24) is 0 Å². The molecular formula is C15H9F6NO. The van der Waals surface area contributed by atoms with Gasteiger partial charge in [0.2, 0.25) is 5.91 Å². The van der Waals surface area contributed by atoms with Gasteiger partial charge in [0, 0.05) is 11.1 Å². The number of hydrogen-bond acceptors (Lipinski definition) is 1. The van der Waals surface area contributed by atoms with Crippen LogP contribution in [-0.4, -0.2) is 5.91 Å². The second kappa shape index (κ2) is 5.60. The molecule has 1 amide bonds. The average molecular weight is 333 g/mol. The van der Waals surface area contributed by atoms with Crippen LogP contribution in [0.25, 0.3) is 11.1 Å². The summed E-state index contributed by atoms with van der Waals surface area (Å²) in [5.41, 5.74) is -0.438. The fraction of sp³-hybridized carbons (Fsp3) is 0.133. The van der Waals surface area contributed by atoms with Crippen LogP contribution in [0.2, 0.25) is 0 Å². The van der Waals surface area contributed by atoms with Crippen molar-refractivity contribution in [2.45, 2.75) is 12.4 Å². The van der Waals surface area contributed by atoms with Crippen LogP contribution in [0.15, 0.2) is 42.5 Å². The van der Waals surface area contributed by atoms with E-state index in [9.17, 15) is 31.1 Å². The summed E-state index contributed by atoms with van der Waals surface area (Å²) in [5.74, 6) is -1.25. The van der Waals surface area contributed by atoms with Gasteiger partial charge in [0.25, 0.3) is 0 Å². The predicted octanol–water partition coefficient (Wildman–Crippen LogP) is 4.49. The highest BCUT2D eigenvalue weighted by Crippen LogP contribution is 2.46. The highest BCUT2D eigenvalue weighted by molar-refractivity contribution is 6.01. The Morgan fingerprint density at radius 1 is 0.826 bits per heavy atom. The van der Waals surface area contributed by atoms with Gasteiger partial charge in [-0.3, -0.25) is 4.79 Å². The molecule has 2 aromatic carbocycles. The van der Waals surface area contributed by atoms with E-state index < -0.39 is 40.5 Å². The van der Waals surface area contributed by atoms with E-state index in [1.54, 1.807) is 0 Å². The third-order valence-corrected chi connectivity index (χ3v) is 3.12. The van der Waals surface area contributed by atoms with Gasteiger partial charge in [-0.05, 0) is 17.7 Å². The molecule has 8 heteroatoms. The van der Waals surface area contributed by atoms with Crippen molar-refractivity contribution < 1.29 is 31.1 Å². The molecule has 0 radical (unpaired) electrons. The van der Waals surface area contributed by atoms with Crippen LogP contribution in [0.4, 0.5) is 26.3 Å². The van der Waals surface area contributed by atoms with Crippen LogP contribution in [0.3, 0.4) is 0 Å². The maximum absolute atomic E-state index is 13.3. The molecule has 0 aliphatic heterocycles. The van der Waals surface area contributed by atoms with Crippen LogP contribution in [0, 0.1) is 0 Å². The zero-order chi connectivity index (χ0) is 17.4. The summed E-state index contributed by atoms with van der Waals surface area (Å²) < 4.78 is 78.9. The molecule has 0 heterocycles. The van der Waals surface area contributed by atoms with Gasteiger partial charge < -0.3 is 5.73 Å². The minimum atomic E-state index is -5.32. The summed E-state index contributed by atoms with van der Waals surface area (Å²) in [7, 11) is 0. The van der Waals surface area contributed by atoms with Crippen LogP contribution >= 0.6 is 0 Å². The molecule has 23 heavy (non-hydrogen) atoms. The van der Waals surface area contributed by atoms with E-state index in [0.29, 0.717) is 6.07 Å². The van der Waals surface area contributed by atoms with E-state index in [1.807, 2.05) is 0 Å². The van der Waals surface area contributed by atoms with Crippen LogP contribution in [0.5, 0.6) is 0 Å². The fourth-order valence-corrected chi connectivity index (χ4v) is 2.24. The van der Waals surface area contributed by atoms with E-state index in [-0.39, 0.29) is 11.6 Å². The van der Waals surface area contributed by atoms with Crippen molar-refractivity contribution in [3.05, 3.63) is 59.2 Å². The SMILES string of the molecule is NC(=O)c1ccc(C(F)(F)F)c(C(F)(F)F)c1-c1ccccc1. The minimum Gasteiger partial charge on any atom is -0.366 e. The number of amides is 1. The summed E-state index contributed by atoms with van der Waals surface area (Å²) >= 11 is 0. The molecule has 2 nitrogen and oxygen atoms in total. The maximum Gasteiger partial charge on any atom is 0.417 e. The first-order valence-electron chi connectivity index (χ1n) is 6.20. The second-order valence-electron chi connectivity index (χ2n) is 4.64. The molecule has 0 spiro atoms. The minimum absolute atomic E-state index is 0.181. The number of rotatable bonds is 2. The predicted molar refractivity (Wildman–Crippen MR) is 70.4 cm³/mol. The molecule has 0 bridgehead atoms. The van der Waals surface area contributed by atoms with Crippen LogP contribution in [0.1, 0.15) is 21.5 Å². The van der Waals surface area contributed by atoms with Gasteiger partial charge >= 0.3 is 12.4 Å². The zero-order valence-electron chi connectivity index (χ0n) is 11.3. The lowest BCUT2D eigenvalue weighted by molar-refractivity contribution is -0.161. The monoisotopic (exact) mass is 333 g/mol. The topological polar surface area (TPSA) is 43.1 Å². The summed E-state index contributed by atoms with van der Waals surface area (Å²) in [4.78, 5) is 11.4. The molecular weight excluding hydrogens is 324 g/mol. The number of alkyl halides is 6. The maximum atomic E-state index is 13.3. The molecule has 0 saturated carbocycles. The second-order valence-corrected chi connectivity index (χ2v) is 4.64. The Bertz CT molecular complexity index is 734. The highest BCUT2D eigenvalue weighted by atomic mass is 19.4. The van der Waals surface area contributed by atoms with Gasteiger partial charge in [-0.2, -0.15) is 26.3 Å². The lowest BCUT2D eigenvalue weighted by Gasteiger charge is -2.21. The van der Waals surface area contributed by atoms with Gasteiger partial charge in [0.1, 0.15) is 0 Å². The number of benzene rings is 2. The number of carbonyl (C=O) groups excluding carboxylic acids is 1. The Morgan fingerprint density at radius 3 is 1.83 bits per heavy atom. The first-order valence-corrected chi connectivity index (χ1v) is 6.20. The third-order valence-electron chi connectivity index (χ3n) is 3.12. The van der Waals surface area contributed by atoms with Crippen molar-refractivity contribution in [2.75, 3.05) is 0 Å². The molecule has 0 unspecified atom stereocenters. The van der Waals surface area contributed by atoms with Gasteiger partial charge in [0.05, 0.1) is 11.1 Å². The molecule has 0 aliphatic carbocycles. The molecule has 0 atom stereocenters. The normalized spacial score (nSPS) is 12.3. The molecule has 2 aromatic rings. The summed E-state index contributed by atoms with van der Waals surface area (Å²) in [6.45, 7) is 0. The summed E-state index contributed by atoms with van der Waals surface area (Å²) in [6, 6.07) is 7.40. The lowest BCUT2D eigenvalue weighted by Crippen LogP contribution is -2.22. The van der Waals surface area contributed by atoms with Crippen LogP contribution < -0.4 is 5.73 Å². The van der Waals surface area contributed by atoms with E-state index in [2.05, 4.69) is 0 Å². The Hall–Kier alpha value is -2.51. The Balaban J connectivity index is 2.97. The summed E-state index contributed by atoms with van der Waals surface area (Å²) in [5, 5.41) is 0. The molecule has 0 fully saturated rings. The Kier molecular flexibility index (Phi) is 4.10. The van der Waals surface area contributed by atoms with Gasteiger partial charge in [-0.25, -0.2) is 0 Å². The molecule has 2 rings (SSSR count). The highest BCUT2D eigenvalue weighted by Gasteiger charge is 2.46. The van der Waals surface area contributed by atoms with Gasteiger partial charge in [0.15, 0.2) is 0 Å². The zero-order valence-corrected chi connectivity index (χ0v) is 11.3. The quantitative estimate of drug-likeness (QED) is 0.809. The Morgan fingerprint density at radius 2 is 1.39 bits per heavy atom. The van der Waals surface area contributed by atoms with Crippen molar-refractivity contribution in [2.24, 2.45) is 5.73 Å². The standard InChI is InChI=1S/C15H9F6NO/c16-14(17,18)10-7-6-9(13(22)23)11(12(10)15(19,20)21)8-4-2-1-3-5-8/h1-7H,(H2,22,23). The van der Waals surface area contributed by atoms with Crippen molar-refractivity contribution >= 4 is 5.91 Å². The smallest absolute Gasteiger partial charge is 0.366 e. The fourth-order valence-electron chi connectivity index (χ4n) is 2.24.